The summed E-state index contributed by atoms with van der Waals surface area (Å²) in [6.07, 6.45) is 1.44. The molecule has 0 aliphatic carbocycles. The fourth-order valence-corrected chi connectivity index (χ4v) is 4.68. The zero-order valence-electron chi connectivity index (χ0n) is 12.2. The van der Waals surface area contributed by atoms with Crippen molar-refractivity contribution in [1.82, 2.24) is 4.31 Å². The number of sulfonamides is 1. The molecule has 6 heteroatoms. The van der Waals surface area contributed by atoms with Crippen molar-refractivity contribution in [2.45, 2.75) is 44.1 Å². The van der Waals surface area contributed by atoms with Gasteiger partial charge in [-0.15, -0.1) is 0 Å². The van der Waals surface area contributed by atoms with Crippen LogP contribution in [0.4, 0.5) is 5.69 Å². The normalized spacial score (nSPS) is 18.8. The van der Waals surface area contributed by atoms with Gasteiger partial charge in [0.2, 0.25) is 10.0 Å². The van der Waals surface area contributed by atoms with Gasteiger partial charge in [0.05, 0.1) is 11.3 Å². The van der Waals surface area contributed by atoms with Gasteiger partial charge in [0, 0.05) is 13.1 Å². The van der Waals surface area contributed by atoms with Crippen molar-refractivity contribution >= 4 is 15.7 Å². The molecule has 20 heavy (non-hydrogen) atoms. The van der Waals surface area contributed by atoms with E-state index in [0.29, 0.717) is 12.0 Å². The number of nitrogens with two attached hydrogens (primary N) is 1. The summed E-state index contributed by atoms with van der Waals surface area (Å²) in [5.74, 6) is 0. The molecule has 0 saturated carbocycles. The molecule has 0 unspecified atom stereocenters. The summed E-state index contributed by atoms with van der Waals surface area (Å²) >= 11 is 0. The first-order valence-electron chi connectivity index (χ1n) is 6.79. The number of β-amino-alcohol motifs (C(OH)–C–C–N with tert-alkyl or cyclic N) is 1. The van der Waals surface area contributed by atoms with Crippen molar-refractivity contribution in [3.8, 4) is 0 Å². The molecule has 0 radical (unpaired) electrons. The molecule has 3 N–H and O–H groups in total. The lowest BCUT2D eigenvalue weighted by atomic mass is 9.92. The largest absolute Gasteiger partial charge is 0.398 e. The summed E-state index contributed by atoms with van der Waals surface area (Å²) in [6.45, 7) is 5.89. The second-order valence-corrected chi connectivity index (χ2v) is 7.55. The van der Waals surface area contributed by atoms with Crippen molar-refractivity contribution < 1.29 is 13.5 Å². The second-order valence-electron chi connectivity index (χ2n) is 5.67. The minimum absolute atomic E-state index is 0.149. The number of hydrogen-bond acceptors (Lipinski definition) is 4. The first kappa shape index (κ1) is 15.3. The topological polar surface area (TPSA) is 83.6 Å². The quantitative estimate of drug-likeness (QED) is 0.824. The predicted molar refractivity (Wildman–Crippen MR) is 78.9 cm³/mol. The van der Waals surface area contributed by atoms with Crippen LogP contribution in [0, 0.1) is 13.8 Å². The van der Waals surface area contributed by atoms with Crippen LogP contribution in [-0.4, -0.2) is 36.5 Å². The van der Waals surface area contributed by atoms with Crippen LogP contribution in [0.2, 0.25) is 0 Å². The molecular formula is C14H22N2O3S. The summed E-state index contributed by atoms with van der Waals surface area (Å²) in [7, 11) is -3.63. The van der Waals surface area contributed by atoms with Gasteiger partial charge in [-0.05, 0) is 37.5 Å². The lowest BCUT2D eigenvalue weighted by molar-refractivity contribution is -0.0653. The van der Waals surface area contributed by atoms with E-state index in [2.05, 4.69) is 0 Å². The number of nitrogens with zero attached hydrogens (tertiary/aromatic N) is 1. The summed E-state index contributed by atoms with van der Waals surface area (Å²) in [6, 6.07) is 3.43. The van der Waals surface area contributed by atoms with E-state index in [1.165, 1.54) is 4.31 Å². The van der Waals surface area contributed by atoms with Crippen LogP contribution in [-0.2, 0) is 10.0 Å². The van der Waals surface area contributed by atoms with Gasteiger partial charge in [-0.3, -0.25) is 0 Å². The molecule has 0 amide bonds. The molecule has 0 bridgehead atoms. The zero-order chi connectivity index (χ0) is 15.1. The molecule has 112 valence electrons. The van der Waals surface area contributed by atoms with E-state index in [-0.39, 0.29) is 23.7 Å². The maximum absolute atomic E-state index is 12.6. The molecule has 1 aromatic rings. The highest BCUT2D eigenvalue weighted by Gasteiger charge is 2.47. The Kier molecular flexibility index (Phi) is 3.83. The third kappa shape index (κ3) is 2.43. The van der Waals surface area contributed by atoms with Crippen molar-refractivity contribution in [2.24, 2.45) is 0 Å². The van der Waals surface area contributed by atoms with E-state index in [9.17, 15) is 13.5 Å². The molecule has 1 heterocycles. The Morgan fingerprint density at radius 2 is 1.95 bits per heavy atom. The third-order valence-electron chi connectivity index (χ3n) is 3.96. The highest BCUT2D eigenvalue weighted by atomic mass is 32.2. The summed E-state index contributed by atoms with van der Waals surface area (Å²) in [5.41, 5.74) is 6.80. The van der Waals surface area contributed by atoms with Crippen LogP contribution >= 0.6 is 0 Å². The Hall–Kier alpha value is -1.11. The van der Waals surface area contributed by atoms with E-state index in [1.54, 1.807) is 13.0 Å². The Morgan fingerprint density at radius 1 is 1.35 bits per heavy atom. The average Bonchev–Trinajstić information content (AvgIpc) is 2.31. The standard InChI is InChI=1S/C14H22N2O3S/c1-4-7-14(17)8-16(9-14)20(18,19)13-11(3)10(2)5-6-12(13)15/h5-6,17H,4,7-9,15H2,1-3H3. The van der Waals surface area contributed by atoms with Crippen LogP contribution < -0.4 is 5.73 Å². The molecule has 1 aliphatic rings. The van der Waals surface area contributed by atoms with Crippen LogP contribution in [0.15, 0.2) is 17.0 Å². The van der Waals surface area contributed by atoms with Gasteiger partial charge < -0.3 is 10.8 Å². The number of nitrogen functional groups attached to an aromatic ring is 1. The molecule has 1 aliphatic heterocycles. The molecule has 1 saturated heterocycles. The van der Waals surface area contributed by atoms with Gasteiger partial charge in [-0.1, -0.05) is 19.4 Å². The molecule has 0 atom stereocenters. The van der Waals surface area contributed by atoms with E-state index in [1.807, 2.05) is 19.9 Å². The zero-order valence-corrected chi connectivity index (χ0v) is 13.0. The highest BCUT2D eigenvalue weighted by Crippen LogP contribution is 2.35. The lowest BCUT2D eigenvalue weighted by Gasteiger charge is -2.45. The molecule has 1 aromatic carbocycles. The minimum Gasteiger partial charge on any atom is -0.398 e. The maximum Gasteiger partial charge on any atom is 0.245 e. The number of anilines is 1. The maximum atomic E-state index is 12.6. The molecule has 0 aromatic heterocycles. The number of aliphatic hydroxyl groups is 1. The van der Waals surface area contributed by atoms with E-state index in [4.69, 9.17) is 5.73 Å². The number of rotatable bonds is 4. The van der Waals surface area contributed by atoms with E-state index in [0.717, 1.165) is 12.0 Å². The van der Waals surface area contributed by atoms with Gasteiger partial charge in [0.15, 0.2) is 0 Å². The second kappa shape index (κ2) is 5.02. The first-order chi connectivity index (χ1) is 9.21. The number of hydrogen-bond donors (Lipinski definition) is 2. The summed E-state index contributed by atoms with van der Waals surface area (Å²) < 4.78 is 26.6. The Labute approximate surface area is 120 Å². The molecule has 0 spiro atoms. The SMILES string of the molecule is CCCC1(O)CN(S(=O)(=O)c2c(N)ccc(C)c2C)C1. The van der Waals surface area contributed by atoms with Crippen LogP contribution in [0.1, 0.15) is 30.9 Å². The molecule has 1 fully saturated rings. The fourth-order valence-electron chi connectivity index (χ4n) is 2.69. The highest BCUT2D eigenvalue weighted by molar-refractivity contribution is 7.89. The van der Waals surface area contributed by atoms with Crippen LogP contribution in [0.25, 0.3) is 0 Å². The van der Waals surface area contributed by atoms with Crippen LogP contribution in [0.5, 0.6) is 0 Å². The van der Waals surface area contributed by atoms with Crippen LogP contribution in [0.3, 0.4) is 0 Å². The molecule has 2 rings (SSSR count). The lowest BCUT2D eigenvalue weighted by Crippen LogP contribution is -2.63. The minimum atomic E-state index is -3.63. The Morgan fingerprint density at radius 3 is 2.50 bits per heavy atom. The third-order valence-corrected chi connectivity index (χ3v) is 5.96. The monoisotopic (exact) mass is 298 g/mol. The predicted octanol–water partition coefficient (Wildman–Crippen LogP) is 1.42. The fraction of sp³-hybridized carbons (Fsp3) is 0.571. The smallest absolute Gasteiger partial charge is 0.245 e. The van der Waals surface area contributed by atoms with Gasteiger partial charge >= 0.3 is 0 Å². The number of benzene rings is 1. The summed E-state index contributed by atoms with van der Waals surface area (Å²) in [4.78, 5) is 0.177. The van der Waals surface area contributed by atoms with Gasteiger partial charge in [-0.2, -0.15) is 4.31 Å². The van der Waals surface area contributed by atoms with Crippen molar-refractivity contribution in [1.29, 1.82) is 0 Å². The molecular weight excluding hydrogens is 276 g/mol. The van der Waals surface area contributed by atoms with Crippen molar-refractivity contribution in [3.05, 3.63) is 23.3 Å². The van der Waals surface area contributed by atoms with Gasteiger partial charge in [-0.25, -0.2) is 8.42 Å². The Bertz CT molecular complexity index is 620. The van der Waals surface area contributed by atoms with Gasteiger partial charge in [0.25, 0.3) is 0 Å². The first-order valence-corrected chi connectivity index (χ1v) is 8.23. The van der Waals surface area contributed by atoms with E-state index < -0.39 is 15.6 Å². The van der Waals surface area contributed by atoms with Gasteiger partial charge in [0.1, 0.15) is 4.90 Å². The average molecular weight is 298 g/mol. The van der Waals surface area contributed by atoms with E-state index >= 15 is 0 Å². The Balaban J connectivity index is 2.33. The summed E-state index contributed by atoms with van der Waals surface area (Å²) in [5, 5.41) is 10.1. The molecule has 5 nitrogen and oxygen atoms in total. The van der Waals surface area contributed by atoms with Crippen molar-refractivity contribution in [2.75, 3.05) is 18.8 Å². The van der Waals surface area contributed by atoms with Crippen molar-refractivity contribution in [3.63, 3.8) is 0 Å². The number of aryl methyl sites for hydroxylation is 1.